The maximum Gasteiger partial charge on any atom is 0.121 e. The van der Waals surface area contributed by atoms with Crippen LogP contribution in [0.1, 0.15) is 26.3 Å². The van der Waals surface area contributed by atoms with Crippen molar-refractivity contribution in [3.8, 4) is 5.75 Å². The second-order valence-corrected chi connectivity index (χ2v) is 5.51. The zero-order valence-corrected chi connectivity index (χ0v) is 11.4. The lowest BCUT2D eigenvalue weighted by Gasteiger charge is -2.21. The number of hydrogen-bond donors (Lipinski definition) is 1. The Labute approximate surface area is 104 Å². The first kappa shape index (κ1) is 12.5. The van der Waals surface area contributed by atoms with Crippen molar-refractivity contribution < 1.29 is 4.74 Å². The van der Waals surface area contributed by atoms with Crippen molar-refractivity contribution in [3.63, 3.8) is 0 Å². The summed E-state index contributed by atoms with van der Waals surface area (Å²) in [7, 11) is 0. The van der Waals surface area contributed by atoms with Gasteiger partial charge in [0.05, 0.1) is 0 Å². The largest absolute Gasteiger partial charge is 0.488 e. The Kier molecular flexibility index (Phi) is 3.73. The Balaban J connectivity index is 2.97. The van der Waals surface area contributed by atoms with Crippen LogP contribution in [0.15, 0.2) is 22.7 Å². The Morgan fingerprint density at radius 1 is 1.40 bits per heavy atom. The maximum absolute atomic E-state index is 5.70. The van der Waals surface area contributed by atoms with Gasteiger partial charge in [-0.1, -0.05) is 12.2 Å². The molecule has 0 saturated carbocycles. The van der Waals surface area contributed by atoms with Gasteiger partial charge in [0.25, 0.3) is 0 Å². The smallest absolute Gasteiger partial charge is 0.121 e. The summed E-state index contributed by atoms with van der Waals surface area (Å²) in [5.41, 5.74) is 6.17. The van der Waals surface area contributed by atoms with E-state index in [0.717, 1.165) is 15.8 Å². The number of ether oxygens (including phenoxy) is 1. The van der Waals surface area contributed by atoms with Crippen LogP contribution in [0.2, 0.25) is 0 Å². The number of nitrogens with two attached hydrogens (primary N) is 1. The first-order valence-electron chi connectivity index (χ1n) is 4.58. The minimum Gasteiger partial charge on any atom is -0.488 e. The SMILES string of the molecule is CC(C)(C)Oc1ccc(C(N)=S)c(Br)c1. The van der Waals surface area contributed by atoms with E-state index in [-0.39, 0.29) is 5.60 Å². The van der Waals surface area contributed by atoms with Crippen molar-refractivity contribution in [3.05, 3.63) is 28.2 Å². The third-order valence-corrected chi connectivity index (χ3v) is 2.51. The minimum absolute atomic E-state index is 0.204. The van der Waals surface area contributed by atoms with Gasteiger partial charge in [0.2, 0.25) is 0 Å². The highest BCUT2D eigenvalue weighted by Crippen LogP contribution is 2.25. The van der Waals surface area contributed by atoms with Crippen LogP contribution in [0, 0.1) is 0 Å². The van der Waals surface area contributed by atoms with Gasteiger partial charge in [-0.05, 0) is 54.9 Å². The van der Waals surface area contributed by atoms with E-state index in [4.69, 9.17) is 22.7 Å². The molecule has 0 fully saturated rings. The van der Waals surface area contributed by atoms with Gasteiger partial charge in [0.1, 0.15) is 16.3 Å². The summed E-state index contributed by atoms with van der Waals surface area (Å²) >= 11 is 8.32. The van der Waals surface area contributed by atoms with Crippen LogP contribution >= 0.6 is 28.1 Å². The Morgan fingerprint density at radius 2 is 2.00 bits per heavy atom. The molecule has 1 aromatic carbocycles. The van der Waals surface area contributed by atoms with Crippen molar-refractivity contribution in [2.75, 3.05) is 0 Å². The molecular weight excluding hydrogens is 274 g/mol. The summed E-state index contributed by atoms with van der Waals surface area (Å²) in [4.78, 5) is 0.379. The predicted molar refractivity (Wildman–Crippen MR) is 70.4 cm³/mol. The number of thiocarbonyl (C=S) groups is 1. The Hall–Kier alpha value is -0.610. The first-order chi connectivity index (χ1) is 6.79. The number of benzene rings is 1. The summed E-state index contributed by atoms with van der Waals surface area (Å²) in [6.45, 7) is 6.01. The molecule has 15 heavy (non-hydrogen) atoms. The van der Waals surface area contributed by atoms with Gasteiger partial charge in [-0.3, -0.25) is 0 Å². The summed E-state index contributed by atoms with van der Waals surface area (Å²) in [6, 6.07) is 5.59. The van der Waals surface area contributed by atoms with Crippen LogP contribution in [0.25, 0.3) is 0 Å². The first-order valence-corrected chi connectivity index (χ1v) is 5.78. The summed E-state index contributed by atoms with van der Waals surface area (Å²) in [6.07, 6.45) is 0. The van der Waals surface area contributed by atoms with Gasteiger partial charge >= 0.3 is 0 Å². The second-order valence-electron chi connectivity index (χ2n) is 4.22. The molecule has 4 heteroatoms. The summed E-state index contributed by atoms with van der Waals surface area (Å²) < 4.78 is 6.56. The molecule has 0 unspecified atom stereocenters. The highest BCUT2D eigenvalue weighted by molar-refractivity contribution is 9.10. The van der Waals surface area contributed by atoms with Crippen LogP contribution < -0.4 is 10.5 Å². The molecule has 0 aliphatic heterocycles. The fraction of sp³-hybridized carbons (Fsp3) is 0.364. The molecular formula is C11H14BrNOS. The molecule has 0 spiro atoms. The standard InChI is InChI=1S/C11H14BrNOS/c1-11(2,3)14-7-4-5-8(10(13)15)9(12)6-7/h4-6H,1-3H3,(H2,13,15). The topological polar surface area (TPSA) is 35.2 Å². The van der Waals surface area contributed by atoms with Gasteiger partial charge in [0.15, 0.2) is 0 Å². The molecule has 0 aliphatic carbocycles. The molecule has 0 amide bonds. The van der Waals surface area contributed by atoms with Gasteiger partial charge in [-0.15, -0.1) is 0 Å². The van der Waals surface area contributed by atoms with Gasteiger partial charge in [0, 0.05) is 10.0 Å². The van der Waals surface area contributed by atoms with Gasteiger partial charge in [-0.2, -0.15) is 0 Å². The van der Waals surface area contributed by atoms with Crippen molar-refractivity contribution >= 4 is 33.1 Å². The van der Waals surface area contributed by atoms with Crippen molar-refractivity contribution in [1.82, 2.24) is 0 Å². The molecule has 0 bridgehead atoms. The lowest BCUT2D eigenvalue weighted by molar-refractivity contribution is 0.131. The second kappa shape index (κ2) is 4.49. The van der Waals surface area contributed by atoms with E-state index in [1.165, 1.54) is 0 Å². The van der Waals surface area contributed by atoms with E-state index in [1.54, 1.807) is 0 Å². The van der Waals surface area contributed by atoms with E-state index >= 15 is 0 Å². The zero-order valence-electron chi connectivity index (χ0n) is 9.00. The lowest BCUT2D eigenvalue weighted by atomic mass is 10.1. The number of rotatable bonds is 2. The van der Waals surface area contributed by atoms with E-state index in [2.05, 4.69) is 15.9 Å². The highest BCUT2D eigenvalue weighted by atomic mass is 79.9. The highest BCUT2D eigenvalue weighted by Gasteiger charge is 2.13. The van der Waals surface area contributed by atoms with Gasteiger partial charge < -0.3 is 10.5 Å². The third kappa shape index (κ3) is 3.80. The normalized spacial score (nSPS) is 11.2. The van der Waals surface area contributed by atoms with Crippen molar-refractivity contribution in [2.24, 2.45) is 5.73 Å². The molecule has 1 rings (SSSR count). The maximum atomic E-state index is 5.70. The van der Waals surface area contributed by atoms with Crippen LogP contribution in [0.4, 0.5) is 0 Å². The van der Waals surface area contributed by atoms with Crippen molar-refractivity contribution in [1.29, 1.82) is 0 Å². The summed E-state index contributed by atoms with van der Waals surface area (Å²) in [5.74, 6) is 0.800. The van der Waals surface area contributed by atoms with Gasteiger partial charge in [-0.25, -0.2) is 0 Å². The quantitative estimate of drug-likeness (QED) is 0.848. The third-order valence-electron chi connectivity index (χ3n) is 1.63. The Bertz CT molecular complexity index is 385. The van der Waals surface area contributed by atoms with E-state index in [1.807, 2.05) is 39.0 Å². The molecule has 0 aliphatic rings. The molecule has 1 aromatic rings. The zero-order chi connectivity index (χ0) is 11.6. The number of hydrogen-bond acceptors (Lipinski definition) is 2. The fourth-order valence-corrected chi connectivity index (χ4v) is 1.99. The van der Waals surface area contributed by atoms with Crippen LogP contribution in [-0.4, -0.2) is 10.6 Å². The molecule has 0 aromatic heterocycles. The average molecular weight is 288 g/mol. The van der Waals surface area contributed by atoms with Crippen molar-refractivity contribution in [2.45, 2.75) is 26.4 Å². The van der Waals surface area contributed by atoms with E-state index in [0.29, 0.717) is 4.99 Å². The molecule has 0 saturated heterocycles. The molecule has 0 atom stereocenters. The molecule has 2 N–H and O–H groups in total. The predicted octanol–water partition coefficient (Wildman–Crippen LogP) is 3.26. The van der Waals surface area contributed by atoms with E-state index in [9.17, 15) is 0 Å². The van der Waals surface area contributed by atoms with Crippen LogP contribution in [0.3, 0.4) is 0 Å². The molecule has 2 nitrogen and oxygen atoms in total. The van der Waals surface area contributed by atoms with Crippen LogP contribution in [-0.2, 0) is 0 Å². The number of halogens is 1. The minimum atomic E-state index is -0.204. The van der Waals surface area contributed by atoms with Crippen LogP contribution in [0.5, 0.6) is 5.75 Å². The lowest BCUT2D eigenvalue weighted by Crippen LogP contribution is -2.23. The fourth-order valence-electron chi connectivity index (χ4n) is 1.11. The monoisotopic (exact) mass is 287 g/mol. The molecule has 82 valence electrons. The molecule has 0 heterocycles. The Morgan fingerprint density at radius 3 is 2.40 bits per heavy atom. The summed E-state index contributed by atoms with van der Waals surface area (Å²) in [5, 5.41) is 0. The van der Waals surface area contributed by atoms with E-state index < -0.39 is 0 Å². The average Bonchev–Trinajstić information content (AvgIpc) is 1.99. The molecule has 0 radical (unpaired) electrons.